The van der Waals surface area contributed by atoms with E-state index in [2.05, 4.69) is 9.97 Å². The Bertz CT molecular complexity index is 830. The monoisotopic (exact) mass is 286 g/mol. The van der Waals surface area contributed by atoms with Crippen LogP contribution < -0.4 is 26.6 Å². The molecule has 5 heteroatoms. The Balaban J connectivity index is 2.49. The van der Waals surface area contributed by atoms with Crippen molar-refractivity contribution in [2.45, 2.75) is 19.8 Å². The molecular weight excluding hydrogens is 268 g/mol. The van der Waals surface area contributed by atoms with E-state index in [1.807, 2.05) is 19.1 Å². The van der Waals surface area contributed by atoms with E-state index in [4.69, 9.17) is 4.74 Å². The summed E-state index contributed by atoms with van der Waals surface area (Å²) < 4.78 is 5.07. The first-order valence-electron chi connectivity index (χ1n) is 6.82. The molecule has 21 heavy (non-hydrogen) atoms. The number of nitrogens with one attached hydrogen (secondary N) is 2. The first kappa shape index (κ1) is 14.8. The second-order valence-electron chi connectivity index (χ2n) is 4.65. The largest absolute Gasteiger partial charge is 0.497 e. The van der Waals surface area contributed by atoms with Gasteiger partial charge in [-0.2, -0.15) is 0 Å². The maximum absolute atomic E-state index is 12.0. The highest BCUT2D eigenvalue weighted by molar-refractivity contribution is 5.49. The fourth-order valence-electron chi connectivity index (χ4n) is 1.89. The van der Waals surface area contributed by atoms with Gasteiger partial charge >= 0.3 is 0 Å². The van der Waals surface area contributed by atoms with E-state index < -0.39 is 0 Å². The second kappa shape index (κ2) is 6.74. The van der Waals surface area contributed by atoms with Crippen molar-refractivity contribution < 1.29 is 4.74 Å². The molecular formula is C16H18N2O3. The zero-order chi connectivity index (χ0) is 15.2. The quantitative estimate of drug-likeness (QED) is 0.858. The number of aromatic amines is 2. The summed E-state index contributed by atoms with van der Waals surface area (Å²) in [5.74, 6) is 0.735. The molecule has 2 aromatic rings. The van der Waals surface area contributed by atoms with Crippen molar-refractivity contribution in [3.8, 4) is 5.75 Å². The van der Waals surface area contributed by atoms with Crippen molar-refractivity contribution in [2.24, 2.45) is 0 Å². The standard InChI is InChI=1S/C16H18N2O3/c1-3-4-5-13-15(19)18-14(16(20)17-13)10-11-6-8-12(21-2)9-7-11/h5-10H,3-4H2,1-2H3,(H,17,20)(H,18,19)/b13-5+,14-10-. The molecule has 2 N–H and O–H groups in total. The Morgan fingerprint density at radius 2 is 1.67 bits per heavy atom. The molecule has 1 aromatic heterocycles. The van der Waals surface area contributed by atoms with Gasteiger partial charge in [0.2, 0.25) is 0 Å². The molecule has 0 atom stereocenters. The number of benzene rings is 1. The number of rotatable bonds is 4. The van der Waals surface area contributed by atoms with Crippen molar-refractivity contribution in [1.82, 2.24) is 9.97 Å². The predicted molar refractivity (Wildman–Crippen MR) is 82.9 cm³/mol. The van der Waals surface area contributed by atoms with E-state index in [1.165, 1.54) is 0 Å². The lowest BCUT2D eigenvalue weighted by Crippen LogP contribution is -2.46. The van der Waals surface area contributed by atoms with Crippen LogP contribution in [0.25, 0.3) is 12.2 Å². The first-order chi connectivity index (χ1) is 10.1. The molecule has 0 spiro atoms. The zero-order valence-electron chi connectivity index (χ0n) is 12.1. The van der Waals surface area contributed by atoms with Crippen LogP contribution in [-0.2, 0) is 0 Å². The third-order valence-electron chi connectivity index (χ3n) is 3.05. The van der Waals surface area contributed by atoms with Crippen LogP contribution in [0, 0.1) is 0 Å². The van der Waals surface area contributed by atoms with Gasteiger partial charge in [0.25, 0.3) is 11.1 Å². The molecule has 1 aromatic carbocycles. The maximum atomic E-state index is 12.0. The average Bonchev–Trinajstić information content (AvgIpc) is 2.50. The summed E-state index contributed by atoms with van der Waals surface area (Å²) >= 11 is 0. The van der Waals surface area contributed by atoms with Gasteiger partial charge in [-0.15, -0.1) is 0 Å². The van der Waals surface area contributed by atoms with E-state index in [0.29, 0.717) is 5.35 Å². The van der Waals surface area contributed by atoms with Crippen LogP contribution in [0.3, 0.4) is 0 Å². The molecule has 0 bridgehead atoms. The van der Waals surface area contributed by atoms with Gasteiger partial charge in [-0.25, -0.2) is 0 Å². The number of unbranched alkanes of at least 4 members (excludes halogenated alkanes) is 1. The molecule has 0 saturated carbocycles. The molecule has 0 aliphatic heterocycles. The van der Waals surface area contributed by atoms with Gasteiger partial charge in [0.1, 0.15) is 16.4 Å². The fraction of sp³-hybridized carbons (Fsp3) is 0.250. The van der Waals surface area contributed by atoms with Crippen LogP contribution in [0.1, 0.15) is 25.3 Å². The van der Waals surface area contributed by atoms with E-state index in [9.17, 15) is 9.59 Å². The van der Waals surface area contributed by atoms with Crippen molar-refractivity contribution >= 4 is 12.2 Å². The van der Waals surface area contributed by atoms with Crippen molar-refractivity contribution in [1.29, 1.82) is 0 Å². The van der Waals surface area contributed by atoms with Gasteiger partial charge in [0.05, 0.1) is 7.11 Å². The van der Waals surface area contributed by atoms with E-state index in [1.54, 1.807) is 31.4 Å². The van der Waals surface area contributed by atoms with Gasteiger partial charge in [-0.3, -0.25) is 9.59 Å². The first-order valence-corrected chi connectivity index (χ1v) is 6.82. The molecule has 5 nitrogen and oxygen atoms in total. The minimum Gasteiger partial charge on any atom is -0.497 e. The third kappa shape index (κ3) is 3.72. The minimum absolute atomic E-state index is 0.235. The molecule has 0 unspecified atom stereocenters. The number of aromatic nitrogens is 2. The van der Waals surface area contributed by atoms with Crippen molar-refractivity contribution in [3.63, 3.8) is 0 Å². The lowest BCUT2D eigenvalue weighted by atomic mass is 10.2. The Kier molecular flexibility index (Phi) is 4.77. The summed E-state index contributed by atoms with van der Waals surface area (Å²) in [7, 11) is 1.59. The van der Waals surface area contributed by atoms with Crippen LogP contribution in [0.5, 0.6) is 5.75 Å². The number of hydrogen-bond acceptors (Lipinski definition) is 3. The van der Waals surface area contributed by atoms with Gasteiger partial charge in [0, 0.05) is 0 Å². The Labute approximate surface area is 121 Å². The Morgan fingerprint density at radius 1 is 1.05 bits per heavy atom. The molecule has 0 amide bonds. The molecule has 1 heterocycles. The topological polar surface area (TPSA) is 75.0 Å². The van der Waals surface area contributed by atoms with Crippen molar-refractivity contribution in [2.75, 3.05) is 7.11 Å². The summed E-state index contributed by atoms with van der Waals surface area (Å²) in [6, 6.07) is 7.21. The lowest BCUT2D eigenvalue weighted by molar-refractivity contribution is 0.415. The molecule has 0 saturated heterocycles. The lowest BCUT2D eigenvalue weighted by Gasteiger charge is -1.98. The normalized spacial score (nSPS) is 12.7. The highest BCUT2D eigenvalue weighted by Crippen LogP contribution is 2.11. The third-order valence-corrected chi connectivity index (χ3v) is 3.05. The number of ether oxygens (including phenoxy) is 1. The maximum Gasteiger partial charge on any atom is 0.272 e. The number of H-pyrrole nitrogens is 2. The molecule has 2 rings (SSSR count). The average molecular weight is 286 g/mol. The summed E-state index contributed by atoms with van der Waals surface area (Å²) in [5.41, 5.74) is 0.206. The summed E-state index contributed by atoms with van der Waals surface area (Å²) in [5, 5.41) is 0.549. The molecule has 0 aliphatic rings. The van der Waals surface area contributed by atoms with Crippen LogP contribution in [0.2, 0.25) is 0 Å². The van der Waals surface area contributed by atoms with Crippen LogP contribution in [0.15, 0.2) is 33.9 Å². The van der Waals surface area contributed by atoms with Gasteiger partial charge in [-0.05, 0) is 30.2 Å². The summed E-state index contributed by atoms with van der Waals surface area (Å²) in [4.78, 5) is 29.1. The minimum atomic E-state index is -0.312. The van der Waals surface area contributed by atoms with E-state index in [0.717, 1.165) is 24.2 Å². The smallest absolute Gasteiger partial charge is 0.272 e. The molecule has 110 valence electrons. The Morgan fingerprint density at radius 3 is 2.29 bits per heavy atom. The van der Waals surface area contributed by atoms with Crippen LogP contribution in [0.4, 0.5) is 0 Å². The summed E-state index contributed by atoms with van der Waals surface area (Å²) in [6.45, 7) is 2.01. The summed E-state index contributed by atoms with van der Waals surface area (Å²) in [6.07, 6.45) is 5.03. The molecule has 0 radical (unpaired) electrons. The molecule has 0 fully saturated rings. The SMILES string of the molecule is CCC/C=c1/[nH]c(=O)/c(=C/c2ccc(OC)cc2)[nH]c1=O. The van der Waals surface area contributed by atoms with Crippen molar-refractivity contribution in [3.05, 3.63) is 61.2 Å². The predicted octanol–water partition coefficient (Wildman–Crippen LogP) is 0.481. The number of methoxy groups -OCH3 is 1. The van der Waals surface area contributed by atoms with Crippen LogP contribution in [-0.4, -0.2) is 17.1 Å². The van der Waals surface area contributed by atoms with E-state index in [-0.39, 0.29) is 16.5 Å². The highest BCUT2D eigenvalue weighted by Gasteiger charge is 1.96. The van der Waals surface area contributed by atoms with Gasteiger partial charge in [0.15, 0.2) is 0 Å². The second-order valence-corrected chi connectivity index (χ2v) is 4.65. The molecule has 0 aliphatic carbocycles. The van der Waals surface area contributed by atoms with Gasteiger partial charge in [-0.1, -0.05) is 31.6 Å². The number of hydrogen-bond donors (Lipinski definition) is 2. The fourth-order valence-corrected chi connectivity index (χ4v) is 1.89. The zero-order valence-corrected chi connectivity index (χ0v) is 12.1. The van der Waals surface area contributed by atoms with Gasteiger partial charge < -0.3 is 14.7 Å². The van der Waals surface area contributed by atoms with E-state index >= 15 is 0 Å². The van der Waals surface area contributed by atoms with Crippen LogP contribution >= 0.6 is 0 Å². The Hall–Kier alpha value is -2.56. The highest BCUT2D eigenvalue weighted by atomic mass is 16.5.